The van der Waals surface area contributed by atoms with Crippen LogP contribution < -0.4 is 9.88 Å². The summed E-state index contributed by atoms with van der Waals surface area (Å²) in [6, 6.07) is 4.62. The first-order valence-electron chi connectivity index (χ1n) is 5.79. The van der Waals surface area contributed by atoms with Gasteiger partial charge >= 0.3 is 0 Å². The SMILES string of the molecule is N#CCC1(COc2cc(Cl)c(S(N)(=O)=O)cc2Cl)CC1. The lowest BCUT2D eigenvalue weighted by Gasteiger charge is -2.15. The van der Waals surface area contributed by atoms with E-state index in [2.05, 4.69) is 6.07 Å². The number of nitriles is 1. The van der Waals surface area contributed by atoms with Crippen LogP contribution >= 0.6 is 23.2 Å². The van der Waals surface area contributed by atoms with E-state index in [-0.39, 0.29) is 26.1 Å². The molecule has 1 aromatic carbocycles. The normalized spacial score (nSPS) is 16.5. The molecule has 0 aliphatic heterocycles. The summed E-state index contributed by atoms with van der Waals surface area (Å²) in [4.78, 5) is -0.241. The summed E-state index contributed by atoms with van der Waals surface area (Å²) < 4.78 is 28.1. The van der Waals surface area contributed by atoms with E-state index in [4.69, 9.17) is 38.3 Å². The number of sulfonamides is 1. The smallest absolute Gasteiger partial charge is 0.239 e. The summed E-state index contributed by atoms with van der Waals surface area (Å²) in [6.45, 7) is 0.353. The van der Waals surface area contributed by atoms with Gasteiger partial charge in [-0.3, -0.25) is 0 Å². The highest BCUT2D eigenvalue weighted by molar-refractivity contribution is 7.89. The Labute approximate surface area is 127 Å². The zero-order chi connectivity index (χ0) is 15.0. The summed E-state index contributed by atoms with van der Waals surface area (Å²) in [6.07, 6.45) is 2.29. The van der Waals surface area contributed by atoms with Crippen LogP contribution in [-0.4, -0.2) is 15.0 Å². The number of halogens is 2. The lowest BCUT2D eigenvalue weighted by atomic mass is 10.1. The maximum Gasteiger partial charge on any atom is 0.239 e. The van der Waals surface area contributed by atoms with E-state index in [0.29, 0.717) is 13.0 Å². The molecule has 8 heteroatoms. The van der Waals surface area contributed by atoms with E-state index in [1.54, 1.807) is 0 Å². The maximum atomic E-state index is 11.3. The second-order valence-corrected chi connectivity index (χ2v) is 7.23. The molecule has 0 heterocycles. The number of hydrogen-bond acceptors (Lipinski definition) is 4. The predicted octanol–water partition coefficient (Wildman–Crippen LogP) is 2.71. The molecule has 1 saturated carbocycles. The van der Waals surface area contributed by atoms with E-state index in [1.165, 1.54) is 12.1 Å². The fourth-order valence-corrected chi connectivity index (χ4v) is 3.16. The molecule has 5 nitrogen and oxygen atoms in total. The summed E-state index contributed by atoms with van der Waals surface area (Å²) in [5.74, 6) is 0.285. The molecule has 0 saturated heterocycles. The van der Waals surface area contributed by atoms with Crippen LogP contribution in [-0.2, 0) is 10.0 Å². The average Bonchev–Trinajstić information content (AvgIpc) is 3.09. The maximum absolute atomic E-state index is 11.3. The van der Waals surface area contributed by atoms with Gasteiger partial charge in [-0.2, -0.15) is 5.26 Å². The number of nitrogens with zero attached hydrogens (tertiary/aromatic N) is 1. The second kappa shape index (κ2) is 5.41. The molecule has 0 unspecified atom stereocenters. The van der Waals surface area contributed by atoms with Crippen molar-refractivity contribution in [2.75, 3.05) is 6.61 Å². The zero-order valence-electron chi connectivity index (χ0n) is 10.4. The minimum absolute atomic E-state index is 0.0444. The molecule has 1 aliphatic rings. The monoisotopic (exact) mass is 334 g/mol. The van der Waals surface area contributed by atoms with Crippen LogP contribution in [0.25, 0.3) is 0 Å². The molecule has 0 radical (unpaired) electrons. The largest absolute Gasteiger partial charge is 0.491 e. The molecular formula is C12H12Cl2N2O3S. The van der Waals surface area contributed by atoms with Crippen molar-refractivity contribution < 1.29 is 13.2 Å². The van der Waals surface area contributed by atoms with Crippen molar-refractivity contribution in [3.63, 3.8) is 0 Å². The molecular weight excluding hydrogens is 323 g/mol. The van der Waals surface area contributed by atoms with Gasteiger partial charge in [0.05, 0.1) is 22.7 Å². The third-order valence-corrected chi connectivity index (χ3v) is 4.91. The highest BCUT2D eigenvalue weighted by atomic mass is 35.5. The van der Waals surface area contributed by atoms with Crippen LogP contribution in [0.15, 0.2) is 17.0 Å². The Balaban J connectivity index is 2.18. The average molecular weight is 335 g/mol. The number of nitrogens with two attached hydrogens (primary N) is 1. The lowest BCUT2D eigenvalue weighted by Crippen LogP contribution is -2.14. The lowest BCUT2D eigenvalue weighted by molar-refractivity contribution is 0.237. The van der Waals surface area contributed by atoms with Crippen LogP contribution in [0.5, 0.6) is 5.75 Å². The molecule has 1 fully saturated rings. The number of primary sulfonamides is 1. The molecule has 1 aliphatic carbocycles. The summed E-state index contributed by atoms with van der Waals surface area (Å²) in [5, 5.41) is 13.8. The zero-order valence-corrected chi connectivity index (χ0v) is 12.7. The minimum atomic E-state index is -3.93. The van der Waals surface area contributed by atoms with Crippen molar-refractivity contribution in [3.8, 4) is 11.8 Å². The molecule has 0 amide bonds. The second-order valence-electron chi connectivity index (χ2n) is 4.88. The Kier molecular flexibility index (Phi) is 4.17. The van der Waals surface area contributed by atoms with Gasteiger partial charge in [-0.15, -0.1) is 0 Å². The van der Waals surface area contributed by atoms with Crippen molar-refractivity contribution in [1.29, 1.82) is 5.26 Å². The number of rotatable bonds is 5. The Morgan fingerprint density at radius 1 is 1.35 bits per heavy atom. The van der Waals surface area contributed by atoms with E-state index >= 15 is 0 Å². The third-order valence-electron chi connectivity index (χ3n) is 3.24. The van der Waals surface area contributed by atoms with Crippen LogP contribution in [0.2, 0.25) is 10.0 Å². The fourth-order valence-electron chi connectivity index (χ4n) is 1.79. The third kappa shape index (κ3) is 3.36. The van der Waals surface area contributed by atoms with Gasteiger partial charge < -0.3 is 4.74 Å². The number of hydrogen-bond donors (Lipinski definition) is 1. The van der Waals surface area contributed by atoms with Gasteiger partial charge in [0.2, 0.25) is 10.0 Å². The molecule has 2 rings (SSSR count). The number of ether oxygens (including phenoxy) is 1. The van der Waals surface area contributed by atoms with Gasteiger partial charge in [0.15, 0.2) is 0 Å². The van der Waals surface area contributed by atoms with Crippen molar-refractivity contribution in [2.24, 2.45) is 10.6 Å². The van der Waals surface area contributed by atoms with Crippen molar-refractivity contribution in [1.82, 2.24) is 0 Å². The first kappa shape index (κ1) is 15.4. The van der Waals surface area contributed by atoms with E-state index < -0.39 is 10.0 Å². The first-order chi connectivity index (χ1) is 9.27. The highest BCUT2D eigenvalue weighted by Crippen LogP contribution is 2.49. The van der Waals surface area contributed by atoms with E-state index in [1.807, 2.05) is 0 Å². The topological polar surface area (TPSA) is 93.2 Å². The fraction of sp³-hybridized carbons (Fsp3) is 0.417. The summed E-state index contributed by atoms with van der Waals surface area (Å²) in [7, 11) is -3.93. The van der Waals surface area contributed by atoms with Gasteiger partial charge in [-0.05, 0) is 18.9 Å². The predicted molar refractivity (Wildman–Crippen MR) is 75.2 cm³/mol. The van der Waals surface area contributed by atoms with Gasteiger partial charge in [0.25, 0.3) is 0 Å². The van der Waals surface area contributed by atoms with Crippen molar-refractivity contribution in [2.45, 2.75) is 24.2 Å². The van der Waals surface area contributed by atoms with Crippen LogP contribution in [0.1, 0.15) is 19.3 Å². The molecule has 108 valence electrons. The quantitative estimate of drug-likeness (QED) is 0.895. The Bertz CT molecular complexity index is 679. The van der Waals surface area contributed by atoms with Crippen LogP contribution in [0, 0.1) is 16.7 Å². The Morgan fingerprint density at radius 2 is 2.00 bits per heavy atom. The van der Waals surface area contributed by atoms with Crippen LogP contribution in [0.4, 0.5) is 0 Å². The van der Waals surface area contributed by atoms with Crippen molar-refractivity contribution in [3.05, 3.63) is 22.2 Å². The van der Waals surface area contributed by atoms with Gasteiger partial charge in [-0.25, -0.2) is 13.6 Å². The summed E-state index contributed by atoms with van der Waals surface area (Å²) in [5.41, 5.74) is -0.108. The molecule has 0 bridgehead atoms. The summed E-state index contributed by atoms with van der Waals surface area (Å²) >= 11 is 11.8. The Morgan fingerprint density at radius 3 is 2.50 bits per heavy atom. The van der Waals surface area contributed by atoms with Gasteiger partial charge in [0, 0.05) is 17.9 Å². The number of benzene rings is 1. The molecule has 0 aromatic heterocycles. The molecule has 0 atom stereocenters. The van der Waals surface area contributed by atoms with E-state index in [0.717, 1.165) is 12.8 Å². The van der Waals surface area contributed by atoms with E-state index in [9.17, 15) is 8.42 Å². The minimum Gasteiger partial charge on any atom is -0.491 e. The van der Waals surface area contributed by atoms with Crippen LogP contribution in [0.3, 0.4) is 0 Å². The highest BCUT2D eigenvalue weighted by Gasteiger charge is 2.43. The van der Waals surface area contributed by atoms with Gasteiger partial charge in [0.1, 0.15) is 10.6 Å². The molecule has 2 N–H and O–H groups in total. The van der Waals surface area contributed by atoms with Gasteiger partial charge in [-0.1, -0.05) is 23.2 Å². The standard InChI is InChI=1S/C12H12Cl2N2O3S/c13-8-6-11(20(16,17)18)9(14)5-10(8)19-7-12(1-2-12)3-4-15/h5-6H,1-3,7H2,(H2,16,17,18). The molecule has 20 heavy (non-hydrogen) atoms. The first-order valence-corrected chi connectivity index (χ1v) is 8.09. The van der Waals surface area contributed by atoms with Crippen molar-refractivity contribution >= 4 is 33.2 Å². The molecule has 1 aromatic rings. The Hall–Kier alpha value is -1.00. The molecule has 0 spiro atoms.